The van der Waals surface area contributed by atoms with Gasteiger partial charge in [0.05, 0.1) is 17.7 Å². The number of amides is 1. The highest BCUT2D eigenvalue weighted by Crippen LogP contribution is 2.36. The molecule has 0 atom stereocenters. The van der Waals surface area contributed by atoms with E-state index < -0.39 is 35.0 Å². The largest absolute Gasteiger partial charge is 0.416 e. The fourth-order valence-electron chi connectivity index (χ4n) is 3.62. The Bertz CT molecular complexity index is 1140. The van der Waals surface area contributed by atoms with E-state index in [0.29, 0.717) is 42.2 Å². The van der Waals surface area contributed by atoms with Crippen LogP contribution in [0, 0.1) is 0 Å². The van der Waals surface area contributed by atoms with Gasteiger partial charge >= 0.3 is 12.4 Å². The molecule has 10 heteroatoms. The van der Waals surface area contributed by atoms with Crippen molar-refractivity contribution in [3.05, 3.63) is 93.8 Å². The Kier molecular flexibility index (Phi) is 8.20. The van der Waals surface area contributed by atoms with Gasteiger partial charge in [0, 0.05) is 35.6 Å². The van der Waals surface area contributed by atoms with Crippen LogP contribution in [0.1, 0.15) is 52.5 Å². The van der Waals surface area contributed by atoms with E-state index >= 15 is 0 Å². The van der Waals surface area contributed by atoms with Gasteiger partial charge in [0.25, 0.3) is 5.91 Å². The number of rotatable bonds is 8. The van der Waals surface area contributed by atoms with Crippen LogP contribution in [-0.2, 0) is 25.4 Å². The molecule has 0 spiro atoms. The molecular weight excluding hydrogens is 494 g/mol. The van der Waals surface area contributed by atoms with E-state index in [1.807, 2.05) is 23.6 Å². The van der Waals surface area contributed by atoms with Gasteiger partial charge in [-0.25, -0.2) is 0 Å². The number of hydrogen-bond donors (Lipinski definition) is 0. The smallest absolute Gasteiger partial charge is 0.345 e. The summed E-state index contributed by atoms with van der Waals surface area (Å²) in [7, 11) is 0. The summed E-state index contributed by atoms with van der Waals surface area (Å²) in [4.78, 5) is 14.5. The summed E-state index contributed by atoms with van der Waals surface area (Å²) in [6.45, 7) is 2.44. The van der Waals surface area contributed by atoms with E-state index in [4.69, 9.17) is 11.6 Å². The molecule has 0 unspecified atom stereocenters. The van der Waals surface area contributed by atoms with E-state index in [1.165, 1.54) is 4.90 Å². The third-order valence-electron chi connectivity index (χ3n) is 5.48. The van der Waals surface area contributed by atoms with Gasteiger partial charge in [-0.15, -0.1) is 0 Å². The van der Waals surface area contributed by atoms with Gasteiger partial charge in [0.15, 0.2) is 0 Å². The lowest BCUT2D eigenvalue weighted by atomic mass is 10.0. The Labute approximate surface area is 203 Å². The monoisotopic (exact) mass is 516 g/mol. The minimum absolute atomic E-state index is 0.00782. The van der Waals surface area contributed by atoms with Crippen molar-refractivity contribution in [2.24, 2.45) is 0 Å². The third-order valence-corrected chi connectivity index (χ3v) is 5.85. The number of nitrogens with zero attached hydrogens (tertiary/aromatic N) is 2. The fraction of sp³-hybridized carbons (Fsp3) is 0.320. The van der Waals surface area contributed by atoms with Crippen molar-refractivity contribution in [3.63, 3.8) is 0 Å². The lowest BCUT2D eigenvalue weighted by molar-refractivity contribution is -0.143. The number of hydrogen-bond acceptors (Lipinski definition) is 1. The van der Waals surface area contributed by atoms with Crippen LogP contribution < -0.4 is 0 Å². The maximum Gasteiger partial charge on any atom is 0.416 e. The van der Waals surface area contributed by atoms with Crippen LogP contribution in [0.25, 0.3) is 0 Å². The second-order valence-corrected chi connectivity index (χ2v) is 8.50. The van der Waals surface area contributed by atoms with Crippen LogP contribution in [0.2, 0.25) is 5.02 Å². The predicted octanol–water partition coefficient (Wildman–Crippen LogP) is 7.67. The first kappa shape index (κ1) is 26.7. The average Bonchev–Trinajstić information content (AvgIpc) is 3.22. The van der Waals surface area contributed by atoms with Crippen molar-refractivity contribution in [3.8, 4) is 0 Å². The Morgan fingerprint density at radius 1 is 0.943 bits per heavy atom. The van der Waals surface area contributed by atoms with Gasteiger partial charge in [-0.2, -0.15) is 26.3 Å². The molecule has 0 saturated carbocycles. The predicted molar refractivity (Wildman–Crippen MR) is 121 cm³/mol. The van der Waals surface area contributed by atoms with Crippen LogP contribution in [-0.4, -0.2) is 21.9 Å². The standard InChI is InChI=1S/C25H23ClF6N2O/c1-2-3-10-34(16-21-8-6-11-33(21)15-17-7-4-5-9-22(17)26)23(35)18-12-19(24(27,28)29)14-20(13-18)25(30,31)32/h4-9,11-14H,2-3,10,15-16H2,1H3. The fourth-order valence-corrected chi connectivity index (χ4v) is 3.81. The number of alkyl halides is 6. The van der Waals surface area contributed by atoms with E-state index in [9.17, 15) is 31.1 Å². The van der Waals surface area contributed by atoms with Crippen molar-refractivity contribution >= 4 is 17.5 Å². The molecule has 0 aliphatic heterocycles. The van der Waals surface area contributed by atoms with E-state index in [2.05, 4.69) is 0 Å². The Hall–Kier alpha value is -2.94. The highest BCUT2D eigenvalue weighted by molar-refractivity contribution is 6.31. The molecule has 0 fully saturated rings. The minimum atomic E-state index is -5.03. The van der Waals surface area contributed by atoms with E-state index in [1.54, 1.807) is 30.5 Å². The number of halogens is 7. The molecule has 0 N–H and O–H groups in total. The summed E-state index contributed by atoms with van der Waals surface area (Å²) in [5, 5.41) is 0.551. The summed E-state index contributed by atoms with van der Waals surface area (Å²) in [6, 6.07) is 11.7. The molecule has 3 rings (SSSR count). The number of benzene rings is 2. The van der Waals surface area contributed by atoms with Gasteiger partial charge in [0.1, 0.15) is 0 Å². The molecule has 0 aliphatic carbocycles. The van der Waals surface area contributed by atoms with Crippen LogP contribution in [0.3, 0.4) is 0 Å². The number of unbranched alkanes of at least 4 members (excludes halogenated alkanes) is 1. The summed E-state index contributed by atoms with van der Waals surface area (Å²) < 4.78 is 81.6. The van der Waals surface area contributed by atoms with Crippen LogP contribution >= 0.6 is 11.6 Å². The van der Waals surface area contributed by atoms with Gasteiger partial charge in [-0.05, 0) is 48.4 Å². The summed E-state index contributed by atoms with van der Waals surface area (Å²) in [5.74, 6) is -0.902. The molecule has 0 aliphatic rings. The zero-order valence-corrected chi connectivity index (χ0v) is 19.5. The average molecular weight is 517 g/mol. The molecule has 2 aromatic carbocycles. The molecule has 3 nitrogen and oxygen atoms in total. The molecular formula is C25H23ClF6N2O. The molecule has 1 aromatic heterocycles. The first-order valence-electron chi connectivity index (χ1n) is 10.9. The summed E-state index contributed by atoms with van der Waals surface area (Å²) in [5.41, 5.74) is -2.21. The molecule has 0 saturated heterocycles. The maximum absolute atomic E-state index is 13.3. The topological polar surface area (TPSA) is 25.2 Å². The first-order chi connectivity index (χ1) is 16.4. The van der Waals surface area contributed by atoms with Crippen molar-refractivity contribution in [1.29, 1.82) is 0 Å². The van der Waals surface area contributed by atoms with E-state index in [-0.39, 0.29) is 19.2 Å². The third kappa shape index (κ3) is 6.81. The van der Waals surface area contributed by atoms with Gasteiger partial charge < -0.3 is 9.47 Å². The van der Waals surface area contributed by atoms with E-state index in [0.717, 1.165) is 5.56 Å². The highest BCUT2D eigenvalue weighted by Gasteiger charge is 2.38. The molecule has 0 bridgehead atoms. The maximum atomic E-state index is 13.3. The molecule has 0 radical (unpaired) electrons. The SMILES string of the molecule is CCCCN(Cc1cccn1Cc1ccccc1Cl)C(=O)c1cc(C(F)(F)F)cc(C(F)(F)F)c1. The van der Waals surface area contributed by atoms with Gasteiger partial charge in [0.2, 0.25) is 0 Å². The van der Waals surface area contributed by atoms with Crippen LogP contribution in [0.4, 0.5) is 26.3 Å². The van der Waals surface area contributed by atoms with Gasteiger partial charge in [-0.3, -0.25) is 4.79 Å². The van der Waals surface area contributed by atoms with Crippen molar-refractivity contribution in [2.75, 3.05) is 6.54 Å². The van der Waals surface area contributed by atoms with Crippen molar-refractivity contribution < 1.29 is 31.1 Å². The zero-order valence-electron chi connectivity index (χ0n) is 18.8. The molecule has 35 heavy (non-hydrogen) atoms. The normalized spacial score (nSPS) is 12.1. The highest BCUT2D eigenvalue weighted by atomic mass is 35.5. The van der Waals surface area contributed by atoms with Crippen molar-refractivity contribution in [2.45, 2.75) is 45.2 Å². The zero-order chi connectivity index (χ0) is 25.8. The van der Waals surface area contributed by atoms with Gasteiger partial charge in [-0.1, -0.05) is 43.1 Å². The van der Waals surface area contributed by atoms with Crippen molar-refractivity contribution in [1.82, 2.24) is 9.47 Å². The summed E-state index contributed by atoms with van der Waals surface area (Å²) in [6.07, 6.45) is -7.08. The lowest BCUT2D eigenvalue weighted by Gasteiger charge is -2.25. The molecule has 188 valence electrons. The number of carbonyl (C=O) groups is 1. The quantitative estimate of drug-likeness (QED) is 0.282. The Morgan fingerprint density at radius 3 is 2.14 bits per heavy atom. The molecule has 3 aromatic rings. The molecule has 1 amide bonds. The number of aromatic nitrogens is 1. The second-order valence-electron chi connectivity index (χ2n) is 8.09. The first-order valence-corrected chi connectivity index (χ1v) is 11.2. The second kappa shape index (κ2) is 10.8. The number of carbonyl (C=O) groups excluding carboxylic acids is 1. The Balaban J connectivity index is 1.95. The molecule has 1 heterocycles. The Morgan fingerprint density at radius 2 is 1.57 bits per heavy atom. The van der Waals surface area contributed by atoms with Crippen LogP contribution in [0.15, 0.2) is 60.8 Å². The van der Waals surface area contributed by atoms with Crippen LogP contribution in [0.5, 0.6) is 0 Å². The summed E-state index contributed by atoms with van der Waals surface area (Å²) >= 11 is 6.24. The lowest BCUT2D eigenvalue weighted by Crippen LogP contribution is -2.33. The minimum Gasteiger partial charge on any atom is -0.345 e.